The van der Waals surface area contributed by atoms with Crippen LogP contribution in [0.1, 0.15) is 15.9 Å². The van der Waals surface area contributed by atoms with Crippen LogP contribution in [0.5, 0.6) is 0 Å². The van der Waals surface area contributed by atoms with E-state index in [0.717, 1.165) is 18.9 Å². The van der Waals surface area contributed by atoms with Crippen LogP contribution >= 0.6 is 50.1 Å². The summed E-state index contributed by atoms with van der Waals surface area (Å²) in [7, 11) is 0. The molecule has 1 heterocycles. The Morgan fingerprint density at radius 2 is 1.95 bits per heavy atom. The highest BCUT2D eigenvalue weighted by Crippen LogP contribution is 2.27. The summed E-state index contributed by atoms with van der Waals surface area (Å²) >= 11 is 11.5. The van der Waals surface area contributed by atoms with Crippen LogP contribution in [0, 0.1) is 3.57 Å². The molecule has 0 aliphatic carbocycles. The van der Waals surface area contributed by atoms with Crippen molar-refractivity contribution in [1.29, 1.82) is 0 Å². The maximum atomic E-state index is 12.7. The summed E-state index contributed by atoms with van der Waals surface area (Å²) in [6.07, 6.45) is 1.74. The summed E-state index contributed by atoms with van der Waals surface area (Å²) in [5.41, 5.74) is 2.22. The second-order valence-electron chi connectivity index (χ2n) is 4.35. The predicted molar refractivity (Wildman–Crippen MR) is 93.6 cm³/mol. The van der Waals surface area contributed by atoms with Crippen LogP contribution in [0.15, 0.2) is 47.1 Å². The molecule has 1 N–H and O–H groups in total. The summed E-state index contributed by atoms with van der Waals surface area (Å²) in [6.45, 7) is 0. The van der Waals surface area contributed by atoms with E-state index in [-0.39, 0.29) is 5.78 Å². The maximum Gasteiger partial charge on any atom is 0.196 e. The number of hydrogen-bond acceptors (Lipinski definition) is 1. The Balaban J connectivity index is 2.15. The second kappa shape index (κ2) is 5.50. The number of ketones is 1. The molecule has 0 atom stereocenters. The van der Waals surface area contributed by atoms with E-state index in [1.807, 2.05) is 30.3 Å². The number of carbonyl (C=O) groups excluding carboxylic acids is 1. The molecular formula is C15H8BrClINO. The molecule has 2 nitrogen and oxygen atoms in total. The van der Waals surface area contributed by atoms with Crippen molar-refractivity contribution in [2.24, 2.45) is 0 Å². The standard InChI is InChI=1S/C15H8BrClINO/c16-8-1-4-13(18)11(5-8)15(20)12-7-19-14-6-9(17)2-3-10(12)14/h1-7,19H. The lowest BCUT2D eigenvalue weighted by atomic mass is 10.0. The first-order valence-electron chi connectivity index (χ1n) is 5.82. The molecule has 20 heavy (non-hydrogen) atoms. The van der Waals surface area contributed by atoms with E-state index in [2.05, 4.69) is 43.5 Å². The first kappa shape index (κ1) is 14.1. The number of nitrogens with one attached hydrogen (secondary N) is 1. The second-order valence-corrected chi connectivity index (χ2v) is 6.86. The van der Waals surface area contributed by atoms with Gasteiger partial charge in [-0.15, -0.1) is 0 Å². The normalized spacial score (nSPS) is 10.9. The van der Waals surface area contributed by atoms with Crippen LogP contribution in [0.4, 0.5) is 0 Å². The Labute approximate surface area is 142 Å². The van der Waals surface area contributed by atoms with E-state index < -0.39 is 0 Å². The number of benzene rings is 2. The molecule has 0 amide bonds. The number of H-pyrrole nitrogens is 1. The van der Waals surface area contributed by atoms with Gasteiger partial charge in [-0.1, -0.05) is 33.6 Å². The van der Waals surface area contributed by atoms with Crippen LogP contribution < -0.4 is 0 Å². The SMILES string of the molecule is O=C(c1cc(Br)ccc1I)c1c[nH]c2cc(Cl)ccc12. The number of halogens is 3. The number of fused-ring (bicyclic) bond motifs is 1. The molecule has 0 aliphatic heterocycles. The van der Waals surface area contributed by atoms with E-state index in [9.17, 15) is 4.79 Å². The van der Waals surface area contributed by atoms with Gasteiger partial charge in [-0.3, -0.25) is 4.79 Å². The van der Waals surface area contributed by atoms with Gasteiger partial charge in [0.05, 0.1) is 0 Å². The smallest absolute Gasteiger partial charge is 0.196 e. The molecule has 0 unspecified atom stereocenters. The summed E-state index contributed by atoms with van der Waals surface area (Å²) in [5.74, 6) is 0.00396. The summed E-state index contributed by atoms with van der Waals surface area (Å²) in [4.78, 5) is 15.8. The highest BCUT2D eigenvalue weighted by molar-refractivity contribution is 14.1. The van der Waals surface area contributed by atoms with E-state index >= 15 is 0 Å². The average molecular weight is 460 g/mol. The van der Waals surface area contributed by atoms with Crippen molar-refractivity contribution in [3.8, 4) is 0 Å². The molecule has 1 aromatic heterocycles. The van der Waals surface area contributed by atoms with Gasteiger partial charge in [-0.25, -0.2) is 0 Å². The zero-order valence-corrected chi connectivity index (χ0v) is 14.6. The molecule has 5 heteroatoms. The molecule has 0 radical (unpaired) electrons. The average Bonchev–Trinajstić information content (AvgIpc) is 2.83. The highest BCUT2D eigenvalue weighted by Gasteiger charge is 2.17. The molecular weight excluding hydrogens is 452 g/mol. The largest absolute Gasteiger partial charge is 0.360 e. The number of rotatable bonds is 2. The molecule has 0 bridgehead atoms. The van der Waals surface area contributed by atoms with Crippen molar-refractivity contribution in [2.75, 3.05) is 0 Å². The molecule has 0 saturated heterocycles. The third-order valence-corrected chi connectivity index (χ3v) is 4.73. The minimum absolute atomic E-state index is 0.00396. The van der Waals surface area contributed by atoms with Crippen molar-refractivity contribution in [3.63, 3.8) is 0 Å². The third-order valence-electron chi connectivity index (χ3n) is 3.06. The number of hydrogen-bond donors (Lipinski definition) is 1. The Kier molecular flexibility index (Phi) is 3.88. The minimum Gasteiger partial charge on any atom is -0.360 e. The van der Waals surface area contributed by atoms with Crippen LogP contribution in [0.2, 0.25) is 5.02 Å². The number of aromatic amines is 1. The Morgan fingerprint density at radius 3 is 2.75 bits per heavy atom. The van der Waals surface area contributed by atoms with Crippen molar-refractivity contribution in [1.82, 2.24) is 4.98 Å². The van der Waals surface area contributed by atoms with Crippen molar-refractivity contribution in [3.05, 3.63) is 66.8 Å². The zero-order valence-electron chi connectivity index (χ0n) is 10.1. The molecule has 0 spiro atoms. The lowest BCUT2D eigenvalue weighted by molar-refractivity contribution is 0.103. The van der Waals surface area contributed by atoms with Gasteiger partial charge in [0.25, 0.3) is 0 Å². The number of carbonyl (C=O) groups is 1. The monoisotopic (exact) mass is 459 g/mol. The van der Waals surface area contributed by atoms with Gasteiger partial charge in [-0.05, 0) is 52.9 Å². The molecule has 100 valence electrons. The van der Waals surface area contributed by atoms with Crippen LogP contribution in [-0.4, -0.2) is 10.8 Å². The molecule has 2 aromatic carbocycles. The van der Waals surface area contributed by atoms with Gasteiger partial charge in [0.2, 0.25) is 0 Å². The lowest BCUT2D eigenvalue weighted by Crippen LogP contribution is -2.03. The maximum absolute atomic E-state index is 12.7. The molecule has 3 rings (SSSR count). The van der Waals surface area contributed by atoms with E-state index in [0.29, 0.717) is 16.1 Å². The summed E-state index contributed by atoms with van der Waals surface area (Å²) < 4.78 is 1.82. The van der Waals surface area contributed by atoms with Crippen LogP contribution in [0.3, 0.4) is 0 Å². The zero-order chi connectivity index (χ0) is 14.3. The minimum atomic E-state index is 0.00396. The van der Waals surface area contributed by atoms with Crippen molar-refractivity contribution < 1.29 is 4.79 Å². The Morgan fingerprint density at radius 1 is 1.15 bits per heavy atom. The molecule has 3 aromatic rings. The van der Waals surface area contributed by atoms with Gasteiger partial charge in [0.15, 0.2) is 5.78 Å². The fourth-order valence-corrected chi connectivity index (χ4v) is 3.22. The molecule has 0 saturated carbocycles. The van der Waals surface area contributed by atoms with Gasteiger partial charge >= 0.3 is 0 Å². The number of aromatic nitrogens is 1. The fourth-order valence-electron chi connectivity index (χ4n) is 2.10. The van der Waals surface area contributed by atoms with Gasteiger partial charge in [-0.2, -0.15) is 0 Å². The Bertz CT molecular complexity index is 828. The summed E-state index contributed by atoms with van der Waals surface area (Å²) in [6, 6.07) is 11.2. The highest BCUT2D eigenvalue weighted by atomic mass is 127. The van der Waals surface area contributed by atoms with E-state index in [4.69, 9.17) is 11.6 Å². The predicted octanol–water partition coefficient (Wildman–Crippen LogP) is 5.42. The van der Waals surface area contributed by atoms with Crippen LogP contribution in [0.25, 0.3) is 10.9 Å². The van der Waals surface area contributed by atoms with Crippen LogP contribution in [-0.2, 0) is 0 Å². The molecule has 0 fully saturated rings. The van der Waals surface area contributed by atoms with Gasteiger partial charge in [0.1, 0.15) is 0 Å². The van der Waals surface area contributed by atoms with Crippen molar-refractivity contribution in [2.45, 2.75) is 0 Å². The lowest BCUT2D eigenvalue weighted by Gasteiger charge is -2.04. The first-order valence-corrected chi connectivity index (χ1v) is 8.07. The third kappa shape index (κ3) is 2.52. The van der Waals surface area contributed by atoms with Crippen molar-refractivity contribution >= 4 is 66.8 Å². The van der Waals surface area contributed by atoms with Gasteiger partial charge in [0, 0.05) is 41.3 Å². The molecule has 0 aliphatic rings. The van der Waals surface area contributed by atoms with E-state index in [1.165, 1.54) is 0 Å². The first-order chi connectivity index (χ1) is 9.56. The topological polar surface area (TPSA) is 32.9 Å². The van der Waals surface area contributed by atoms with Gasteiger partial charge < -0.3 is 4.98 Å². The quantitative estimate of drug-likeness (QED) is 0.402. The van der Waals surface area contributed by atoms with E-state index in [1.54, 1.807) is 12.3 Å². The Hall–Kier alpha value is -0.850. The summed E-state index contributed by atoms with van der Waals surface area (Å²) in [5, 5.41) is 1.53. The fraction of sp³-hybridized carbons (Fsp3) is 0.